The Morgan fingerprint density at radius 1 is 1.16 bits per heavy atom. The predicted octanol–water partition coefficient (Wildman–Crippen LogP) is 1.60. The summed E-state index contributed by atoms with van der Waals surface area (Å²) in [5.74, 6) is 1.85. The molecule has 0 radical (unpaired) electrons. The summed E-state index contributed by atoms with van der Waals surface area (Å²) in [6, 6.07) is 10.7. The van der Waals surface area contributed by atoms with E-state index >= 15 is 0 Å². The number of quaternary nitrogens is 1. The number of carbonyl (C=O) groups excluding carboxylic acids is 1. The van der Waals surface area contributed by atoms with Gasteiger partial charge in [0.2, 0.25) is 5.91 Å². The number of rotatable bonds is 7. The van der Waals surface area contributed by atoms with E-state index in [1.165, 1.54) is 32.2 Å². The van der Waals surface area contributed by atoms with E-state index in [4.69, 9.17) is 4.74 Å². The number of nitrogens with one attached hydrogen (secondary N) is 2. The number of fused-ring (bicyclic) bond motifs is 3. The van der Waals surface area contributed by atoms with Gasteiger partial charge in [-0.25, -0.2) is 4.68 Å². The summed E-state index contributed by atoms with van der Waals surface area (Å²) in [6.07, 6.45) is 10.4. The average Bonchev–Trinajstić information content (AvgIpc) is 3.27. The maximum absolute atomic E-state index is 12.9. The highest BCUT2D eigenvalue weighted by Gasteiger charge is 2.46. The van der Waals surface area contributed by atoms with Crippen LogP contribution >= 0.6 is 0 Å². The number of ether oxygens (including phenoxy) is 1. The number of benzene rings is 1. The number of para-hydroxylation sites is 1. The minimum atomic E-state index is 0.188. The van der Waals surface area contributed by atoms with Gasteiger partial charge in [-0.1, -0.05) is 42.7 Å². The van der Waals surface area contributed by atoms with Crippen molar-refractivity contribution in [3.05, 3.63) is 42.2 Å². The van der Waals surface area contributed by atoms with Gasteiger partial charge in [-0.15, -0.1) is 5.10 Å². The van der Waals surface area contributed by atoms with Gasteiger partial charge in [-0.2, -0.15) is 0 Å². The van der Waals surface area contributed by atoms with Gasteiger partial charge in [0.05, 0.1) is 31.7 Å². The van der Waals surface area contributed by atoms with Crippen LogP contribution in [0.5, 0.6) is 5.75 Å². The molecule has 3 saturated heterocycles. The molecule has 2 N–H and O–H groups in total. The Kier molecular flexibility index (Phi) is 6.20. The van der Waals surface area contributed by atoms with Gasteiger partial charge >= 0.3 is 0 Å². The van der Waals surface area contributed by atoms with Crippen LogP contribution in [-0.4, -0.2) is 46.1 Å². The number of aromatic nitrogens is 3. The first-order chi connectivity index (χ1) is 15.2. The smallest absolute Gasteiger partial charge is 0.229 e. The average molecular weight is 425 g/mol. The number of nitrogens with zero attached hydrogens (tertiary/aromatic N) is 3. The molecule has 4 atom stereocenters. The molecule has 4 fully saturated rings. The van der Waals surface area contributed by atoms with Crippen LogP contribution in [-0.2, 0) is 17.9 Å². The van der Waals surface area contributed by atoms with Crippen LogP contribution in [0.4, 0.5) is 0 Å². The molecule has 1 aromatic heterocycles. The topological polar surface area (TPSA) is 73.5 Å². The van der Waals surface area contributed by atoms with E-state index in [9.17, 15) is 4.79 Å². The molecule has 1 aliphatic carbocycles. The lowest BCUT2D eigenvalue weighted by molar-refractivity contribution is -0.945. The van der Waals surface area contributed by atoms with E-state index in [1.54, 1.807) is 4.90 Å². The lowest BCUT2D eigenvalue weighted by Crippen LogP contribution is -3.20. The van der Waals surface area contributed by atoms with Crippen molar-refractivity contribution >= 4 is 5.91 Å². The van der Waals surface area contributed by atoms with Gasteiger partial charge in [0.25, 0.3) is 0 Å². The van der Waals surface area contributed by atoms with Crippen LogP contribution in [0.25, 0.3) is 0 Å². The van der Waals surface area contributed by atoms with Gasteiger partial charge in [-0.3, -0.25) is 4.79 Å². The summed E-state index contributed by atoms with van der Waals surface area (Å²) in [6.45, 7) is 3.42. The Morgan fingerprint density at radius 3 is 2.77 bits per heavy atom. The number of hydrogen-bond donors (Lipinski definition) is 2. The third-order valence-corrected chi connectivity index (χ3v) is 7.46. The van der Waals surface area contributed by atoms with Crippen LogP contribution < -0.4 is 15.0 Å². The van der Waals surface area contributed by atoms with Crippen molar-refractivity contribution in [3.63, 3.8) is 0 Å². The second-order valence-corrected chi connectivity index (χ2v) is 9.58. The first-order valence-corrected chi connectivity index (χ1v) is 12.0. The predicted molar refractivity (Wildman–Crippen MR) is 117 cm³/mol. The number of carbonyl (C=O) groups is 1. The summed E-state index contributed by atoms with van der Waals surface area (Å²) in [4.78, 5) is 14.5. The standard InChI is InChI=1S/C24H33N5O2/c30-24(25-19-7-3-1-4-8-19)23-16-28-12-11-18(23)13-21(28)15-29-14-20(26-27-29)17-31-22-9-5-2-6-10-22/h2,5-6,9-10,14,18-19,21,23H,1,3-4,7-8,11-13,15-17H2,(H,25,30)/p+1/t18-,21+,23-/m0/s1. The zero-order valence-electron chi connectivity index (χ0n) is 18.2. The highest BCUT2D eigenvalue weighted by atomic mass is 16.5. The molecule has 1 saturated carbocycles. The van der Waals surface area contributed by atoms with Crippen LogP contribution in [0.15, 0.2) is 36.5 Å². The first kappa shape index (κ1) is 20.5. The molecule has 7 nitrogen and oxygen atoms in total. The van der Waals surface area contributed by atoms with E-state index in [2.05, 4.69) is 15.6 Å². The summed E-state index contributed by atoms with van der Waals surface area (Å²) < 4.78 is 7.74. The molecule has 1 amide bonds. The fraction of sp³-hybridized carbons (Fsp3) is 0.625. The molecule has 4 heterocycles. The Hall–Kier alpha value is -2.41. The van der Waals surface area contributed by atoms with Crippen molar-refractivity contribution in [2.75, 3.05) is 13.1 Å². The fourth-order valence-corrected chi connectivity index (χ4v) is 5.77. The van der Waals surface area contributed by atoms with E-state index < -0.39 is 0 Å². The minimum absolute atomic E-state index is 0.188. The van der Waals surface area contributed by atoms with Gasteiger partial charge in [-0.05, 0) is 30.9 Å². The molecular weight excluding hydrogens is 390 g/mol. The normalized spacial score (nSPS) is 28.4. The Balaban J connectivity index is 1.13. The van der Waals surface area contributed by atoms with Crippen LogP contribution in [0.2, 0.25) is 0 Å². The van der Waals surface area contributed by atoms with Crippen molar-refractivity contribution in [2.24, 2.45) is 11.8 Å². The summed E-state index contributed by atoms with van der Waals surface area (Å²) >= 11 is 0. The van der Waals surface area contributed by atoms with Gasteiger partial charge in [0, 0.05) is 18.9 Å². The van der Waals surface area contributed by atoms with Crippen molar-refractivity contribution in [1.82, 2.24) is 20.3 Å². The zero-order valence-corrected chi connectivity index (χ0v) is 18.2. The second-order valence-electron chi connectivity index (χ2n) is 9.58. The van der Waals surface area contributed by atoms with Crippen molar-refractivity contribution in [2.45, 2.75) is 70.2 Å². The van der Waals surface area contributed by atoms with E-state index in [-0.39, 0.29) is 5.92 Å². The highest BCUT2D eigenvalue weighted by molar-refractivity contribution is 5.79. The molecule has 31 heavy (non-hydrogen) atoms. The summed E-state index contributed by atoms with van der Waals surface area (Å²) in [5, 5.41) is 12.0. The van der Waals surface area contributed by atoms with Crippen LogP contribution in [0.1, 0.15) is 50.6 Å². The van der Waals surface area contributed by atoms with E-state index in [0.29, 0.717) is 30.5 Å². The lowest BCUT2D eigenvalue weighted by atomic mass is 9.75. The second kappa shape index (κ2) is 9.39. The van der Waals surface area contributed by atoms with Gasteiger partial charge in [0.1, 0.15) is 24.1 Å². The lowest BCUT2D eigenvalue weighted by Gasteiger charge is -2.46. The van der Waals surface area contributed by atoms with Gasteiger partial charge in [0.15, 0.2) is 0 Å². The molecule has 6 rings (SSSR count). The maximum atomic E-state index is 12.9. The molecule has 166 valence electrons. The molecule has 1 unspecified atom stereocenters. The Morgan fingerprint density at radius 2 is 2.00 bits per heavy atom. The molecule has 1 aromatic carbocycles. The minimum Gasteiger partial charge on any atom is -0.487 e. The molecular formula is C24H34N5O2+. The monoisotopic (exact) mass is 424 g/mol. The molecule has 0 spiro atoms. The third-order valence-electron chi connectivity index (χ3n) is 7.46. The van der Waals surface area contributed by atoms with Gasteiger partial charge < -0.3 is 15.0 Å². The molecule has 2 aromatic rings. The maximum Gasteiger partial charge on any atom is 0.229 e. The molecule has 4 aliphatic rings. The fourth-order valence-electron chi connectivity index (χ4n) is 5.77. The van der Waals surface area contributed by atoms with Crippen molar-refractivity contribution in [1.29, 1.82) is 0 Å². The summed E-state index contributed by atoms with van der Waals surface area (Å²) in [5.41, 5.74) is 0.847. The third kappa shape index (κ3) is 4.92. The molecule has 3 aliphatic heterocycles. The number of piperidine rings is 3. The first-order valence-electron chi connectivity index (χ1n) is 12.0. The van der Waals surface area contributed by atoms with E-state index in [1.807, 2.05) is 41.2 Å². The zero-order chi connectivity index (χ0) is 21.0. The SMILES string of the molecule is O=C(NC1CCCCC1)[C@H]1C[NH+]2CC[C@H]1C[C@@H]2Cn1cc(COc2ccccc2)nn1. The number of amides is 1. The van der Waals surface area contributed by atoms with Crippen LogP contribution in [0.3, 0.4) is 0 Å². The van der Waals surface area contributed by atoms with Crippen molar-refractivity contribution in [3.8, 4) is 5.75 Å². The quantitative estimate of drug-likeness (QED) is 0.708. The Labute approximate surface area is 184 Å². The largest absolute Gasteiger partial charge is 0.487 e. The van der Waals surface area contributed by atoms with E-state index in [0.717, 1.165) is 43.8 Å². The molecule has 7 heteroatoms. The van der Waals surface area contributed by atoms with Crippen molar-refractivity contribution < 1.29 is 14.4 Å². The summed E-state index contributed by atoms with van der Waals surface area (Å²) in [7, 11) is 0. The Bertz CT molecular complexity index is 864. The highest BCUT2D eigenvalue weighted by Crippen LogP contribution is 2.28. The number of hydrogen-bond acceptors (Lipinski definition) is 4. The molecule has 2 bridgehead atoms. The van der Waals surface area contributed by atoms with Crippen LogP contribution in [0, 0.1) is 11.8 Å².